The average Bonchev–Trinajstić information content (AvgIpc) is 2.78. The van der Waals surface area contributed by atoms with Crippen molar-refractivity contribution >= 4 is 23.4 Å². The number of halogens is 1. The van der Waals surface area contributed by atoms with E-state index in [1.165, 1.54) is 0 Å². The van der Waals surface area contributed by atoms with Crippen LogP contribution in [0.3, 0.4) is 0 Å². The van der Waals surface area contributed by atoms with Crippen molar-refractivity contribution in [1.29, 1.82) is 0 Å². The molecule has 0 bridgehead atoms. The summed E-state index contributed by atoms with van der Waals surface area (Å²) in [6.07, 6.45) is 1.68. The van der Waals surface area contributed by atoms with Crippen molar-refractivity contribution in [2.24, 2.45) is 0 Å². The van der Waals surface area contributed by atoms with Crippen molar-refractivity contribution in [1.82, 2.24) is 10.2 Å². The van der Waals surface area contributed by atoms with Crippen molar-refractivity contribution in [2.75, 3.05) is 33.9 Å². The number of carbonyl (C=O) groups excluding carboxylic acids is 2. The minimum Gasteiger partial charge on any atom is -0.493 e. The number of benzene rings is 2. The molecule has 7 nitrogen and oxygen atoms in total. The fraction of sp³-hybridized carbons (Fsp3) is 0.391. The van der Waals surface area contributed by atoms with Gasteiger partial charge in [0.2, 0.25) is 5.91 Å². The summed E-state index contributed by atoms with van der Waals surface area (Å²) in [5, 5.41) is 3.68. The molecule has 1 N–H and O–H groups in total. The summed E-state index contributed by atoms with van der Waals surface area (Å²) in [5.74, 6) is 1.72. The summed E-state index contributed by atoms with van der Waals surface area (Å²) < 4.78 is 16.0. The second-order valence-electron chi connectivity index (χ2n) is 7.33. The number of nitrogens with one attached hydrogen (secondary N) is 1. The topological polar surface area (TPSA) is 77.1 Å². The molecule has 2 aromatic carbocycles. The van der Waals surface area contributed by atoms with Gasteiger partial charge in [0.05, 0.1) is 20.6 Å². The van der Waals surface area contributed by atoms with Crippen LogP contribution in [0.4, 0.5) is 0 Å². The van der Waals surface area contributed by atoms with E-state index in [0.29, 0.717) is 48.2 Å². The number of hydrogen-bond donors (Lipinski definition) is 1. The number of likely N-dealkylation sites (tertiary alicyclic amines) is 1. The predicted molar refractivity (Wildman–Crippen MR) is 118 cm³/mol. The second kappa shape index (κ2) is 10.9. The van der Waals surface area contributed by atoms with Crippen LogP contribution >= 0.6 is 11.6 Å². The zero-order chi connectivity index (χ0) is 22.2. The number of piperidine rings is 1. The fourth-order valence-electron chi connectivity index (χ4n) is 3.50. The molecule has 31 heavy (non-hydrogen) atoms. The van der Waals surface area contributed by atoms with E-state index < -0.39 is 0 Å². The van der Waals surface area contributed by atoms with Gasteiger partial charge in [0.15, 0.2) is 18.1 Å². The van der Waals surface area contributed by atoms with Crippen LogP contribution in [0.1, 0.15) is 18.4 Å². The van der Waals surface area contributed by atoms with E-state index >= 15 is 0 Å². The highest BCUT2D eigenvalue weighted by Crippen LogP contribution is 2.27. The van der Waals surface area contributed by atoms with E-state index in [9.17, 15) is 9.59 Å². The maximum absolute atomic E-state index is 12.4. The Hall–Kier alpha value is -2.93. The number of methoxy groups -OCH3 is 2. The van der Waals surface area contributed by atoms with Gasteiger partial charge < -0.3 is 24.4 Å². The lowest BCUT2D eigenvalue weighted by Crippen LogP contribution is -2.48. The first-order valence-electron chi connectivity index (χ1n) is 10.1. The monoisotopic (exact) mass is 446 g/mol. The van der Waals surface area contributed by atoms with Gasteiger partial charge in [0.1, 0.15) is 5.75 Å². The van der Waals surface area contributed by atoms with Crippen molar-refractivity contribution in [2.45, 2.75) is 25.3 Å². The van der Waals surface area contributed by atoms with Crippen LogP contribution in [0.25, 0.3) is 0 Å². The quantitative estimate of drug-likeness (QED) is 0.674. The first kappa shape index (κ1) is 22.7. The third-order valence-corrected chi connectivity index (χ3v) is 5.45. The average molecular weight is 447 g/mol. The van der Waals surface area contributed by atoms with E-state index in [2.05, 4.69) is 5.32 Å². The predicted octanol–water partition coefficient (Wildman–Crippen LogP) is 3.09. The van der Waals surface area contributed by atoms with E-state index in [0.717, 1.165) is 5.56 Å². The molecular formula is C23H27ClN2O5. The Morgan fingerprint density at radius 3 is 2.35 bits per heavy atom. The lowest BCUT2D eigenvalue weighted by atomic mass is 10.0. The third kappa shape index (κ3) is 6.52. The summed E-state index contributed by atoms with van der Waals surface area (Å²) in [7, 11) is 3.14. The first-order valence-corrected chi connectivity index (χ1v) is 10.5. The van der Waals surface area contributed by atoms with Gasteiger partial charge in [-0.25, -0.2) is 0 Å². The number of ether oxygens (including phenoxy) is 3. The highest BCUT2D eigenvalue weighted by molar-refractivity contribution is 6.30. The van der Waals surface area contributed by atoms with Crippen LogP contribution in [0.2, 0.25) is 5.02 Å². The number of rotatable bonds is 8. The molecule has 0 spiro atoms. The SMILES string of the molecule is COc1ccc(CC(=O)NC2CCN(C(=O)COc3ccc(Cl)cc3)CC2)cc1OC. The van der Waals surface area contributed by atoms with E-state index in [1.807, 2.05) is 6.07 Å². The molecule has 1 aliphatic rings. The van der Waals surface area contributed by atoms with Gasteiger partial charge in [-0.05, 0) is 54.8 Å². The molecule has 3 rings (SSSR count). The summed E-state index contributed by atoms with van der Waals surface area (Å²) >= 11 is 5.85. The number of amides is 2. The van der Waals surface area contributed by atoms with Gasteiger partial charge in [0, 0.05) is 24.2 Å². The lowest BCUT2D eigenvalue weighted by Gasteiger charge is -2.32. The molecule has 2 amide bonds. The Balaban J connectivity index is 1.41. The lowest BCUT2D eigenvalue weighted by molar-refractivity contribution is -0.134. The van der Waals surface area contributed by atoms with Gasteiger partial charge >= 0.3 is 0 Å². The van der Waals surface area contributed by atoms with E-state index in [1.54, 1.807) is 55.5 Å². The maximum Gasteiger partial charge on any atom is 0.260 e. The fourth-order valence-corrected chi connectivity index (χ4v) is 3.62. The molecule has 8 heteroatoms. The summed E-state index contributed by atoms with van der Waals surface area (Å²) in [5.41, 5.74) is 0.849. The Morgan fingerprint density at radius 2 is 1.71 bits per heavy atom. The Morgan fingerprint density at radius 1 is 1.03 bits per heavy atom. The zero-order valence-electron chi connectivity index (χ0n) is 17.7. The summed E-state index contributed by atoms with van der Waals surface area (Å²) in [6.45, 7) is 1.16. The second-order valence-corrected chi connectivity index (χ2v) is 7.77. The number of hydrogen-bond acceptors (Lipinski definition) is 5. The molecule has 1 fully saturated rings. The van der Waals surface area contributed by atoms with Crippen LogP contribution in [0.15, 0.2) is 42.5 Å². The van der Waals surface area contributed by atoms with Crippen molar-refractivity contribution in [3.05, 3.63) is 53.1 Å². The molecule has 1 saturated heterocycles. The summed E-state index contributed by atoms with van der Waals surface area (Å²) in [4.78, 5) is 26.6. The molecule has 0 aromatic heterocycles. The molecule has 0 atom stereocenters. The highest BCUT2D eigenvalue weighted by atomic mass is 35.5. The van der Waals surface area contributed by atoms with Gasteiger partial charge in [-0.3, -0.25) is 9.59 Å². The van der Waals surface area contributed by atoms with Crippen LogP contribution in [0, 0.1) is 0 Å². The minimum atomic E-state index is -0.0648. The number of carbonyl (C=O) groups is 2. The molecule has 166 valence electrons. The maximum atomic E-state index is 12.4. The largest absolute Gasteiger partial charge is 0.493 e. The smallest absolute Gasteiger partial charge is 0.260 e. The Kier molecular flexibility index (Phi) is 8.00. The normalized spacial score (nSPS) is 14.1. The van der Waals surface area contributed by atoms with Crippen LogP contribution in [0.5, 0.6) is 17.2 Å². The van der Waals surface area contributed by atoms with Crippen LogP contribution in [-0.4, -0.2) is 56.7 Å². The Labute approximate surface area is 187 Å². The summed E-state index contributed by atoms with van der Waals surface area (Å²) in [6, 6.07) is 12.4. The molecule has 0 radical (unpaired) electrons. The van der Waals surface area contributed by atoms with Gasteiger partial charge in [-0.15, -0.1) is 0 Å². The molecular weight excluding hydrogens is 420 g/mol. The van der Waals surface area contributed by atoms with Crippen LogP contribution < -0.4 is 19.5 Å². The van der Waals surface area contributed by atoms with Crippen molar-refractivity contribution in [3.63, 3.8) is 0 Å². The molecule has 0 unspecified atom stereocenters. The van der Waals surface area contributed by atoms with Gasteiger partial charge in [-0.2, -0.15) is 0 Å². The third-order valence-electron chi connectivity index (χ3n) is 5.20. The molecule has 1 heterocycles. The van der Waals surface area contributed by atoms with Crippen molar-refractivity contribution < 1.29 is 23.8 Å². The highest BCUT2D eigenvalue weighted by Gasteiger charge is 2.24. The molecule has 0 saturated carbocycles. The molecule has 1 aliphatic heterocycles. The Bertz CT molecular complexity index is 895. The van der Waals surface area contributed by atoms with Gasteiger partial charge in [0.25, 0.3) is 5.91 Å². The van der Waals surface area contributed by atoms with Crippen molar-refractivity contribution in [3.8, 4) is 17.2 Å². The van der Waals surface area contributed by atoms with E-state index in [4.69, 9.17) is 25.8 Å². The van der Waals surface area contributed by atoms with Crippen LogP contribution in [-0.2, 0) is 16.0 Å². The zero-order valence-corrected chi connectivity index (χ0v) is 18.5. The van der Waals surface area contributed by atoms with Gasteiger partial charge in [-0.1, -0.05) is 17.7 Å². The minimum absolute atomic E-state index is 0.0159. The number of nitrogens with zero attached hydrogens (tertiary/aromatic N) is 1. The van der Waals surface area contributed by atoms with E-state index in [-0.39, 0.29) is 30.9 Å². The molecule has 0 aliphatic carbocycles. The standard InChI is InChI=1S/C23H27ClN2O5/c1-29-20-8-3-16(13-21(20)30-2)14-22(27)25-18-9-11-26(12-10-18)23(28)15-31-19-6-4-17(24)5-7-19/h3-8,13,18H,9-12,14-15H2,1-2H3,(H,25,27). The first-order chi connectivity index (χ1) is 15.0. The molecule has 2 aromatic rings.